The van der Waals surface area contributed by atoms with Gasteiger partial charge in [-0.1, -0.05) is 36.4 Å². The summed E-state index contributed by atoms with van der Waals surface area (Å²) >= 11 is 6.10. The van der Waals surface area contributed by atoms with Gasteiger partial charge in [-0.25, -0.2) is 0 Å². The zero-order valence-electron chi connectivity index (χ0n) is 6.92. The van der Waals surface area contributed by atoms with E-state index >= 15 is 0 Å². The Labute approximate surface area is 77.3 Å². The second-order valence-corrected chi connectivity index (χ2v) is 3.40. The molecule has 0 amide bonds. The van der Waals surface area contributed by atoms with E-state index in [1.165, 1.54) is 11.3 Å². The molecule has 0 bridgehead atoms. The molecule has 0 aliphatic carbocycles. The molecule has 1 atom stereocenters. The van der Waals surface area contributed by atoms with Crippen LogP contribution >= 0.6 is 11.6 Å². The molecular weight excluding hydrogens is 170 g/mol. The van der Waals surface area contributed by atoms with Gasteiger partial charge in [-0.3, -0.25) is 0 Å². The number of fused-ring (bicyclic) bond motifs is 1. The van der Waals surface area contributed by atoms with Crippen molar-refractivity contribution in [3.05, 3.63) is 36.4 Å². The lowest BCUT2D eigenvalue weighted by atomic mass is 10.1. The molecule has 0 radical (unpaired) electrons. The van der Waals surface area contributed by atoms with Crippen LogP contribution in [0.2, 0.25) is 0 Å². The minimum atomic E-state index is -0.0811. The van der Waals surface area contributed by atoms with E-state index in [-0.39, 0.29) is 5.50 Å². The summed E-state index contributed by atoms with van der Waals surface area (Å²) in [4.78, 5) is 2.03. The topological polar surface area (TPSA) is 3.24 Å². The van der Waals surface area contributed by atoms with Gasteiger partial charge in [-0.15, -0.1) is 0 Å². The van der Waals surface area contributed by atoms with Gasteiger partial charge in [0.15, 0.2) is 0 Å². The van der Waals surface area contributed by atoms with Crippen molar-refractivity contribution in [1.29, 1.82) is 0 Å². The average molecular weight is 180 g/mol. The van der Waals surface area contributed by atoms with Crippen LogP contribution in [-0.2, 0) is 0 Å². The minimum Gasteiger partial charge on any atom is -0.354 e. The van der Waals surface area contributed by atoms with E-state index in [4.69, 9.17) is 11.6 Å². The lowest BCUT2D eigenvalue weighted by molar-refractivity contribution is 1.02. The first-order chi connectivity index (χ1) is 5.72. The van der Waals surface area contributed by atoms with Crippen LogP contribution in [-0.4, -0.2) is 12.5 Å². The van der Waals surface area contributed by atoms with Crippen molar-refractivity contribution in [2.24, 2.45) is 0 Å². The van der Waals surface area contributed by atoms with Crippen LogP contribution in [0.3, 0.4) is 0 Å². The van der Waals surface area contributed by atoms with Gasteiger partial charge in [0.05, 0.1) is 0 Å². The van der Waals surface area contributed by atoms with Crippen LogP contribution < -0.4 is 4.90 Å². The Hall–Kier alpha value is -0.950. The summed E-state index contributed by atoms with van der Waals surface area (Å²) in [7, 11) is 1.98. The molecular formula is C10H10ClN. The number of hydrogen-bond donors (Lipinski definition) is 0. The second-order valence-electron chi connectivity index (χ2n) is 2.99. The molecule has 0 fully saturated rings. The SMILES string of the molecule is C=C1c2ccccc2N(C)C1Cl. The predicted octanol–water partition coefficient (Wildman–Crippen LogP) is 2.71. The number of hydrogen-bond acceptors (Lipinski definition) is 1. The van der Waals surface area contributed by atoms with Gasteiger partial charge in [0.2, 0.25) is 0 Å². The first-order valence-electron chi connectivity index (χ1n) is 3.87. The molecule has 1 aromatic carbocycles. The fourth-order valence-electron chi connectivity index (χ4n) is 1.54. The van der Waals surface area contributed by atoms with Crippen molar-refractivity contribution in [1.82, 2.24) is 0 Å². The highest BCUT2D eigenvalue weighted by molar-refractivity contribution is 6.29. The summed E-state index contributed by atoms with van der Waals surface area (Å²) in [5.41, 5.74) is 3.25. The highest BCUT2D eigenvalue weighted by Crippen LogP contribution is 2.39. The van der Waals surface area contributed by atoms with Crippen LogP contribution in [0.25, 0.3) is 5.57 Å². The first-order valence-corrected chi connectivity index (χ1v) is 4.30. The molecule has 1 aliphatic heterocycles. The summed E-state index contributed by atoms with van der Waals surface area (Å²) in [5.74, 6) is 0. The molecule has 0 N–H and O–H groups in total. The molecule has 2 rings (SSSR count). The third kappa shape index (κ3) is 0.864. The third-order valence-electron chi connectivity index (χ3n) is 2.26. The van der Waals surface area contributed by atoms with Crippen molar-refractivity contribution in [3.8, 4) is 0 Å². The first kappa shape index (κ1) is 7.69. The van der Waals surface area contributed by atoms with Gasteiger partial charge in [0.1, 0.15) is 5.50 Å². The number of halogens is 1. The summed E-state index contributed by atoms with van der Waals surface area (Å²) in [5, 5.41) is 0. The van der Waals surface area contributed by atoms with Crippen molar-refractivity contribution in [2.75, 3.05) is 11.9 Å². The standard InChI is InChI=1S/C10H10ClN/c1-7-8-5-3-4-6-9(8)12(2)10(7)11/h3-6,10H,1H2,2H3. The van der Waals surface area contributed by atoms with E-state index in [1.807, 2.05) is 24.1 Å². The molecule has 1 unspecified atom stereocenters. The highest BCUT2D eigenvalue weighted by Gasteiger charge is 2.27. The van der Waals surface area contributed by atoms with E-state index in [0.717, 1.165) is 5.57 Å². The number of anilines is 1. The molecule has 62 valence electrons. The maximum atomic E-state index is 6.10. The fraction of sp³-hybridized carbons (Fsp3) is 0.200. The number of rotatable bonds is 0. The van der Waals surface area contributed by atoms with Crippen molar-refractivity contribution in [2.45, 2.75) is 5.50 Å². The lowest BCUT2D eigenvalue weighted by Crippen LogP contribution is -2.20. The summed E-state index contributed by atoms with van der Waals surface area (Å²) in [6, 6.07) is 8.13. The Balaban J connectivity index is 2.59. The average Bonchev–Trinajstić information content (AvgIpc) is 2.33. The predicted molar refractivity (Wildman–Crippen MR) is 53.5 cm³/mol. The molecule has 0 saturated carbocycles. The third-order valence-corrected chi connectivity index (χ3v) is 2.81. The molecule has 0 saturated heterocycles. The van der Waals surface area contributed by atoms with E-state index in [2.05, 4.69) is 18.7 Å². The minimum absolute atomic E-state index is 0.0811. The van der Waals surface area contributed by atoms with Crippen molar-refractivity contribution in [3.63, 3.8) is 0 Å². The van der Waals surface area contributed by atoms with Crippen LogP contribution in [0, 0.1) is 0 Å². The van der Waals surface area contributed by atoms with Gasteiger partial charge in [-0.05, 0) is 11.6 Å². The van der Waals surface area contributed by atoms with Crippen molar-refractivity contribution < 1.29 is 0 Å². The molecule has 1 aliphatic rings. The van der Waals surface area contributed by atoms with E-state index in [1.54, 1.807) is 0 Å². The summed E-state index contributed by atoms with van der Waals surface area (Å²) < 4.78 is 0. The van der Waals surface area contributed by atoms with E-state index in [9.17, 15) is 0 Å². The van der Waals surface area contributed by atoms with Crippen LogP contribution in [0.5, 0.6) is 0 Å². The van der Waals surface area contributed by atoms with Gasteiger partial charge in [0.25, 0.3) is 0 Å². The maximum absolute atomic E-state index is 6.10. The number of nitrogens with zero attached hydrogens (tertiary/aromatic N) is 1. The summed E-state index contributed by atoms with van der Waals surface area (Å²) in [6.07, 6.45) is 0. The zero-order chi connectivity index (χ0) is 8.72. The smallest absolute Gasteiger partial charge is 0.129 e. The summed E-state index contributed by atoms with van der Waals surface area (Å²) in [6.45, 7) is 3.95. The molecule has 1 heterocycles. The Morgan fingerprint density at radius 3 is 2.75 bits per heavy atom. The van der Waals surface area contributed by atoms with E-state index in [0.29, 0.717) is 0 Å². The van der Waals surface area contributed by atoms with Gasteiger partial charge in [0, 0.05) is 18.3 Å². The highest BCUT2D eigenvalue weighted by atomic mass is 35.5. The molecule has 0 aromatic heterocycles. The number of likely N-dealkylation sites (N-methyl/N-ethyl adjacent to an activating group) is 1. The van der Waals surface area contributed by atoms with Gasteiger partial charge in [-0.2, -0.15) is 0 Å². The van der Waals surface area contributed by atoms with Gasteiger partial charge >= 0.3 is 0 Å². The zero-order valence-corrected chi connectivity index (χ0v) is 7.67. The molecule has 1 aromatic rings. The lowest BCUT2D eigenvalue weighted by Gasteiger charge is -2.15. The van der Waals surface area contributed by atoms with E-state index < -0.39 is 0 Å². The molecule has 12 heavy (non-hydrogen) atoms. The number of para-hydroxylation sites is 1. The Kier molecular flexibility index (Phi) is 1.62. The normalized spacial score (nSPS) is 21.3. The van der Waals surface area contributed by atoms with Crippen LogP contribution in [0.15, 0.2) is 30.8 Å². The Morgan fingerprint density at radius 1 is 1.42 bits per heavy atom. The molecule has 1 nitrogen and oxygen atoms in total. The monoisotopic (exact) mass is 179 g/mol. The van der Waals surface area contributed by atoms with Crippen LogP contribution in [0.4, 0.5) is 5.69 Å². The fourth-order valence-corrected chi connectivity index (χ4v) is 1.76. The quantitative estimate of drug-likeness (QED) is 0.437. The van der Waals surface area contributed by atoms with Crippen LogP contribution in [0.1, 0.15) is 5.56 Å². The Morgan fingerprint density at radius 2 is 2.08 bits per heavy atom. The second kappa shape index (κ2) is 2.53. The Bertz CT molecular complexity index is 332. The molecule has 2 heteroatoms. The maximum Gasteiger partial charge on any atom is 0.129 e. The number of alkyl halides is 1. The largest absolute Gasteiger partial charge is 0.354 e. The van der Waals surface area contributed by atoms with Gasteiger partial charge < -0.3 is 4.90 Å². The molecule has 0 spiro atoms. The number of benzene rings is 1. The van der Waals surface area contributed by atoms with Crippen molar-refractivity contribution >= 4 is 22.9 Å².